The number of carboxylic acid groups (broad SMARTS) is 1. The van der Waals surface area contributed by atoms with Gasteiger partial charge in [-0.1, -0.05) is 6.07 Å². The zero-order valence-electron chi connectivity index (χ0n) is 8.03. The Labute approximate surface area is 77.4 Å². The first kappa shape index (κ1) is 9.71. The van der Waals surface area contributed by atoms with Gasteiger partial charge in [-0.05, 0) is 32.4 Å². The zero-order valence-corrected chi connectivity index (χ0v) is 8.03. The Morgan fingerprint density at radius 2 is 2.15 bits per heavy atom. The van der Waals surface area contributed by atoms with Crippen LogP contribution in [0.5, 0.6) is 0 Å². The molecule has 1 rings (SSSR count). The first-order valence-electron chi connectivity index (χ1n) is 4.11. The van der Waals surface area contributed by atoms with Crippen molar-refractivity contribution in [2.45, 2.75) is 26.2 Å². The molecule has 0 aliphatic carbocycles. The Bertz CT molecular complexity index is 331. The van der Waals surface area contributed by atoms with Crippen molar-refractivity contribution in [2.24, 2.45) is 0 Å². The van der Waals surface area contributed by atoms with Crippen LogP contribution in [-0.2, 0) is 10.2 Å². The molecule has 1 aromatic heterocycles. The Morgan fingerprint density at radius 3 is 2.62 bits per heavy atom. The smallest absolute Gasteiger partial charge is 0.313 e. The summed E-state index contributed by atoms with van der Waals surface area (Å²) in [7, 11) is 0. The molecular formula is C10H13NO2. The molecule has 0 aliphatic heterocycles. The van der Waals surface area contributed by atoms with E-state index in [2.05, 4.69) is 4.98 Å². The van der Waals surface area contributed by atoms with E-state index in [1.165, 1.54) is 0 Å². The van der Waals surface area contributed by atoms with Crippen molar-refractivity contribution >= 4 is 5.97 Å². The van der Waals surface area contributed by atoms with Crippen molar-refractivity contribution in [3.05, 3.63) is 29.6 Å². The lowest BCUT2D eigenvalue weighted by Gasteiger charge is -2.20. The average molecular weight is 179 g/mol. The quantitative estimate of drug-likeness (QED) is 0.752. The maximum atomic E-state index is 10.9. The van der Waals surface area contributed by atoms with E-state index in [4.69, 9.17) is 5.11 Å². The van der Waals surface area contributed by atoms with E-state index in [1.54, 1.807) is 32.2 Å². The Kier molecular flexibility index (Phi) is 2.36. The molecule has 0 unspecified atom stereocenters. The molecule has 1 N–H and O–H groups in total. The summed E-state index contributed by atoms with van der Waals surface area (Å²) in [5.41, 5.74) is 0.677. The molecule has 3 nitrogen and oxygen atoms in total. The largest absolute Gasteiger partial charge is 0.481 e. The molecule has 0 amide bonds. The fourth-order valence-electron chi connectivity index (χ4n) is 1.26. The van der Waals surface area contributed by atoms with Crippen LogP contribution in [0.25, 0.3) is 0 Å². The van der Waals surface area contributed by atoms with E-state index in [1.807, 2.05) is 6.92 Å². The molecule has 3 heteroatoms. The van der Waals surface area contributed by atoms with Gasteiger partial charge in [0, 0.05) is 11.9 Å². The second-order valence-corrected chi connectivity index (χ2v) is 3.57. The van der Waals surface area contributed by atoms with E-state index in [0.29, 0.717) is 0 Å². The van der Waals surface area contributed by atoms with E-state index in [-0.39, 0.29) is 0 Å². The summed E-state index contributed by atoms with van der Waals surface area (Å²) in [4.78, 5) is 15.0. The predicted molar refractivity (Wildman–Crippen MR) is 49.6 cm³/mol. The van der Waals surface area contributed by atoms with Gasteiger partial charge in [-0.3, -0.25) is 9.78 Å². The van der Waals surface area contributed by atoms with E-state index in [9.17, 15) is 4.79 Å². The van der Waals surface area contributed by atoms with Crippen LogP contribution in [0.4, 0.5) is 0 Å². The van der Waals surface area contributed by atoms with Crippen LogP contribution in [-0.4, -0.2) is 16.1 Å². The van der Waals surface area contributed by atoms with E-state index >= 15 is 0 Å². The molecule has 0 radical (unpaired) electrons. The van der Waals surface area contributed by atoms with Crippen LogP contribution in [0.3, 0.4) is 0 Å². The van der Waals surface area contributed by atoms with E-state index < -0.39 is 11.4 Å². The normalized spacial score (nSPS) is 11.3. The number of pyridine rings is 1. The maximum absolute atomic E-state index is 10.9. The van der Waals surface area contributed by atoms with Crippen molar-refractivity contribution in [3.8, 4) is 0 Å². The summed E-state index contributed by atoms with van der Waals surface area (Å²) >= 11 is 0. The van der Waals surface area contributed by atoms with Gasteiger partial charge in [0.1, 0.15) is 0 Å². The number of hydrogen-bond donors (Lipinski definition) is 1. The van der Waals surface area contributed by atoms with Gasteiger partial charge in [-0.25, -0.2) is 0 Å². The summed E-state index contributed by atoms with van der Waals surface area (Å²) in [6.07, 6.45) is 1.66. The fourth-order valence-corrected chi connectivity index (χ4v) is 1.26. The summed E-state index contributed by atoms with van der Waals surface area (Å²) in [6, 6.07) is 3.56. The molecular weight excluding hydrogens is 166 g/mol. The first-order valence-corrected chi connectivity index (χ1v) is 4.11. The average Bonchev–Trinajstić information content (AvgIpc) is 2.04. The monoisotopic (exact) mass is 179 g/mol. The highest BCUT2D eigenvalue weighted by Crippen LogP contribution is 2.24. The highest BCUT2D eigenvalue weighted by atomic mass is 16.4. The number of aryl methyl sites for hydroxylation is 1. The minimum Gasteiger partial charge on any atom is -0.481 e. The molecule has 0 aromatic carbocycles. The van der Waals surface area contributed by atoms with Crippen molar-refractivity contribution in [3.63, 3.8) is 0 Å². The molecule has 0 saturated carbocycles. The van der Waals surface area contributed by atoms with Gasteiger partial charge in [-0.15, -0.1) is 0 Å². The van der Waals surface area contributed by atoms with Gasteiger partial charge in [0.15, 0.2) is 0 Å². The third kappa shape index (κ3) is 1.69. The summed E-state index contributed by atoms with van der Waals surface area (Å²) in [5.74, 6) is -0.830. The zero-order chi connectivity index (χ0) is 10.1. The highest BCUT2D eigenvalue weighted by molar-refractivity contribution is 5.80. The number of hydrogen-bond acceptors (Lipinski definition) is 2. The van der Waals surface area contributed by atoms with Gasteiger partial charge in [0.2, 0.25) is 0 Å². The lowest BCUT2D eigenvalue weighted by atomic mass is 9.84. The van der Waals surface area contributed by atoms with Crippen LogP contribution < -0.4 is 0 Å². The molecule has 70 valence electrons. The topological polar surface area (TPSA) is 50.2 Å². The second-order valence-electron chi connectivity index (χ2n) is 3.57. The van der Waals surface area contributed by atoms with Crippen molar-refractivity contribution in [2.75, 3.05) is 0 Å². The van der Waals surface area contributed by atoms with Gasteiger partial charge in [-0.2, -0.15) is 0 Å². The Morgan fingerprint density at radius 1 is 1.54 bits per heavy atom. The minimum absolute atomic E-state index is 0.766. The molecule has 0 spiro atoms. The van der Waals surface area contributed by atoms with Crippen molar-refractivity contribution in [1.29, 1.82) is 0 Å². The van der Waals surface area contributed by atoms with Gasteiger partial charge >= 0.3 is 5.97 Å². The van der Waals surface area contributed by atoms with Crippen molar-refractivity contribution in [1.82, 2.24) is 4.98 Å². The van der Waals surface area contributed by atoms with Crippen LogP contribution in [0.2, 0.25) is 0 Å². The standard InChI is InChI=1S/C10H13NO2/c1-7-8(5-4-6-11-7)10(2,3)9(12)13/h4-6H,1-3H3,(H,12,13). The lowest BCUT2D eigenvalue weighted by Crippen LogP contribution is -2.29. The number of aromatic nitrogens is 1. The molecule has 0 bridgehead atoms. The number of rotatable bonds is 2. The molecule has 13 heavy (non-hydrogen) atoms. The van der Waals surface area contributed by atoms with Gasteiger partial charge in [0.25, 0.3) is 0 Å². The fraction of sp³-hybridized carbons (Fsp3) is 0.400. The Balaban J connectivity index is 3.22. The van der Waals surface area contributed by atoms with E-state index in [0.717, 1.165) is 11.3 Å². The molecule has 0 atom stereocenters. The first-order chi connectivity index (χ1) is 5.96. The summed E-state index contributed by atoms with van der Waals surface area (Å²) in [5, 5.41) is 8.99. The van der Waals surface area contributed by atoms with Crippen molar-refractivity contribution < 1.29 is 9.90 Å². The summed E-state index contributed by atoms with van der Waals surface area (Å²) in [6.45, 7) is 5.18. The molecule has 0 saturated heterocycles. The highest BCUT2D eigenvalue weighted by Gasteiger charge is 2.30. The number of carboxylic acids is 1. The third-order valence-corrected chi connectivity index (χ3v) is 2.21. The van der Waals surface area contributed by atoms with Gasteiger partial charge in [0.05, 0.1) is 5.41 Å². The lowest BCUT2D eigenvalue weighted by molar-refractivity contribution is -0.142. The van der Waals surface area contributed by atoms with Crippen LogP contribution >= 0.6 is 0 Å². The van der Waals surface area contributed by atoms with Crippen LogP contribution in [0.15, 0.2) is 18.3 Å². The molecule has 0 fully saturated rings. The SMILES string of the molecule is Cc1ncccc1C(C)(C)C(=O)O. The number of aliphatic carboxylic acids is 1. The maximum Gasteiger partial charge on any atom is 0.313 e. The second kappa shape index (κ2) is 3.17. The molecule has 1 heterocycles. The predicted octanol–water partition coefficient (Wildman–Crippen LogP) is 1.75. The van der Waals surface area contributed by atoms with Crippen LogP contribution in [0.1, 0.15) is 25.1 Å². The molecule has 0 aliphatic rings. The van der Waals surface area contributed by atoms with Crippen LogP contribution in [0, 0.1) is 6.92 Å². The Hall–Kier alpha value is -1.38. The van der Waals surface area contributed by atoms with Gasteiger partial charge < -0.3 is 5.11 Å². The molecule has 1 aromatic rings. The number of carbonyl (C=O) groups is 1. The summed E-state index contributed by atoms with van der Waals surface area (Å²) < 4.78 is 0. The third-order valence-electron chi connectivity index (χ3n) is 2.21. The minimum atomic E-state index is -0.863. The number of nitrogens with zero attached hydrogens (tertiary/aromatic N) is 1.